The Balaban J connectivity index is 1.97. The molecule has 0 aliphatic carbocycles. The number of hydrogen-bond acceptors (Lipinski definition) is 4. The van der Waals surface area contributed by atoms with Gasteiger partial charge in [-0.25, -0.2) is 0 Å². The number of ketones is 1. The van der Waals surface area contributed by atoms with Gasteiger partial charge in [-0.15, -0.1) is 0 Å². The third-order valence-electron chi connectivity index (χ3n) is 5.08. The number of benzene rings is 2. The first-order valence-electron chi connectivity index (χ1n) is 9.74. The van der Waals surface area contributed by atoms with Gasteiger partial charge < -0.3 is 0 Å². The van der Waals surface area contributed by atoms with Gasteiger partial charge in [0.15, 0.2) is 0 Å². The number of aromatic hydroxyl groups is 1. The van der Waals surface area contributed by atoms with Gasteiger partial charge >= 0.3 is 177 Å². The van der Waals surface area contributed by atoms with E-state index in [1.54, 1.807) is 24.3 Å². The standard InChI is InChI=1S/C24H29NO3Se/c1-23(2,3)17-11-15(12-18(22(17)27)24(4,5)6)7-10-20(26)16-8-9-19-21(13-16)29(28)14-25-19/h7-13,25,27H,14H2,1-6H3. The monoisotopic (exact) mass is 459 g/mol. The molecule has 0 saturated carbocycles. The van der Waals surface area contributed by atoms with Crippen molar-refractivity contribution in [2.75, 3.05) is 10.8 Å². The van der Waals surface area contributed by atoms with Crippen LogP contribution in [0.15, 0.2) is 36.4 Å². The maximum absolute atomic E-state index is 12.7. The van der Waals surface area contributed by atoms with Crippen LogP contribution in [0.3, 0.4) is 0 Å². The molecule has 0 bridgehead atoms. The number of anilines is 1. The summed E-state index contributed by atoms with van der Waals surface area (Å²) in [6.07, 6.45) is 3.35. The van der Waals surface area contributed by atoms with Gasteiger partial charge in [0, 0.05) is 0 Å². The van der Waals surface area contributed by atoms with Crippen molar-refractivity contribution < 1.29 is 13.7 Å². The van der Waals surface area contributed by atoms with Crippen molar-refractivity contribution in [3.8, 4) is 5.75 Å². The Hall–Kier alpha value is -2.23. The van der Waals surface area contributed by atoms with E-state index in [1.165, 1.54) is 0 Å². The zero-order valence-corrected chi connectivity index (χ0v) is 19.6. The van der Waals surface area contributed by atoms with Gasteiger partial charge in [-0.3, -0.25) is 0 Å². The Bertz CT molecular complexity index is 988. The summed E-state index contributed by atoms with van der Waals surface area (Å²) in [4.78, 5) is 12.7. The van der Waals surface area contributed by atoms with E-state index in [2.05, 4.69) is 46.9 Å². The van der Waals surface area contributed by atoms with Gasteiger partial charge in [0.25, 0.3) is 0 Å². The minimum absolute atomic E-state index is 0.124. The molecule has 1 unspecified atom stereocenters. The molecule has 0 saturated heterocycles. The summed E-state index contributed by atoms with van der Waals surface area (Å²) in [5, 5.41) is 13.9. The molecule has 0 fully saturated rings. The van der Waals surface area contributed by atoms with E-state index in [4.69, 9.17) is 0 Å². The molecule has 1 aliphatic heterocycles. The molecule has 0 spiro atoms. The fraction of sp³-hybridized carbons (Fsp3) is 0.375. The molecule has 3 rings (SSSR count). The van der Waals surface area contributed by atoms with Crippen LogP contribution in [-0.2, 0) is 14.7 Å². The predicted octanol–water partition coefficient (Wildman–Crippen LogP) is 4.48. The second kappa shape index (κ2) is 7.55. The summed E-state index contributed by atoms with van der Waals surface area (Å²) in [5.41, 5.74) is 4.05. The molecule has 2 aromatic rings. The van der Waals surface area contributed by atoms with E-state index in [0.29, 0.717) is 16.8 Å². The van der Waals surface area contributed by atoms with Crippen LogP contribution in [0, 0.1) is 0 Å². The first-order chi connectivity index (χ1) is 13.4. The Morgan fingerprint density at radius 3 is 2.17 bits per heavy atom. The van der Waals surface area contributed by atoms with Crippen LogP contribution in [0.25, 0.3) is 6.08 Å². The van der Waals surface area contributed by atoms with Crippen molar-refractivity contribution in [3.63, 3.8) is 0 Å². The third-order valence-corrected chi connectivity index (χ3v) is 7.67. The van der Waals surface area contributed by atoms with Crippen LogP contribution in [0.5, 0.6) is 5.75 Å². The van der Waals surface area contributed by atoms with Crippen molar-refractivity contribution >= 4 is 35.8 Å². The fourth-order valence-electron chi connectivity index (χ4n) is 3.40. The number of nitrogens with one attached hydrogen (secondary N) is 1. The molecule has 1 heterocycles. The number of phenolic OH excluding ortho intramolecular Hbond substituents is 1. The van der Waals surface area contributed by atoms with Gasteiger partial charge in [-0.1, -0.05) is 0 Å². The van der Waals surface area contributed by atoms with Crippen LogP contribution in [0.4, 0.5) is 5.69 Å². The van der Waals surface area contributed by atoms with Gasteiger partial charge in [-0.05, 0) is 0 Å². The fourth-order valence-corrected chi connectivity index (χ4v) is 5.67. The molecule has 5 heteroatoms. The number of allylic oxidation sites excluding steroid dienone is 1. The molecule has 154 valence electrons. The van der Waals surface area contributed by atoms with Gasteiger partial charge in [0.1, 0.15) is 0 Å². The Kier molecular flexibility index (Phi) is 5.59. The molecule has 2 N–H and O–H groups in total. The van der Waals surface area contributed by atoms with Gasteiger partial charge in [-0.2, -0.15) is 0 Å². The van der Waals surface area contributed by atoms with Crippen LogP contribution in [-0.4, -0.2) is 30.2 Å². The summed E-state index contributed by atoms with van der Waals surface area (Å²) in [5.74, 6) is 0.201. The summed E-state index contributed by atoms with van der Waals surface area (Å²) in [7, 11) is 0. The summed E-state index contributed by atoms with van der Waals surface area (Å²) in [6, 6.07) is 9.23. The zero-order valence-electron chi connectivity index (χ0n) is 17.9. The maximum atomic E-state index is 12.7. The molecule has 1 aliphatic rings. The Morgan fingerprint density at radius 2 is 1.62 bits per heavy atom. The van der Waals surface area contributed by atoms with E-state index in [0.717, 1.165) is 26.8 Å². The summed E-state index contributed by atoms with van der Waals surface area (Å²) in [6.45, 7) is 12.4. The van der Waals surface area contributed by atoms with Crippen molar-refractivity contribution in [3.05, 3.63) is 58.7 Å². The van der Waals surface area contributed by atoms with E-state index in [1.807, 2.05) is 18.2 Å². The zero-order chi connectivity index (χ0) is 21.6. The second-order valence-corrected chi connectivity index (χ2v) is 12.5. The average Bonchev–Trinajstić information content (AvgIpc) is 2.99. The first kappa shape index (κ1) is 21.5. The second-order valence-electron chi connectivity index (χ2n) is 9.54. The molecular weight excluding hydrogens is 429 g/mol. The normalized spacial score (nSPS) is 16.7. The van der Waals surface area contributed by atoms with Crippen LogP contribution >= 0.6 is 0 Å². The van der Waals surface area contributed by atoms with Crippen LogP contribution in [0.2, 0.25) is 0 Å². The van der Waals surface area contributed by atoms with Crippen LogP contribution in [0.1, 0.15) is 68.6 Å². The molecular formula is C24H29NO3Se. The number of carbonyl (C=O) groups excluding carboxylic acids is 1. The Morgan fingerprint density at radius 1 is 1.03 bits per heavy atom. The SMILES string of the molecule is CC(C)(C)c1cc(C=CC(=O)c2ccc3c(c2)[Se](=O)CN3)cc(C(C)(C)C)c1O. The van der Waals surface area contributed by atoms with Crippen molar-refractivity contribution in [1.82, 2.24) is 0 Å². The van der Waals surface area contributed by atoms with E-state index >= 15 is 0 Å². The van der Waals surface area contributed by atoms with E-state index in [-0.39, 0.29) is 16.6 Å². The summed E-state index contributed by atoms with van der Waals surface area (Å²) < 4.78 is 12.9. The molecule has 0 aromatic heterocycles. The van der Waals surface area contributed by atoms with Crippen molar-refractivity contribution in [2.45, 2.75) is 52.4 Å². The number of fused-ring (bicyclic) bond motifs is 1. The van der Waals surface area contributed by atoms with Crippen molar-refractivity contribution in [1.29, 1.82) is 0 Å². The molecule has 1 atom stereocenters. The minimum atomic E-state index is -2.08. The topological polar surface area (TPSA) is 66.4 Å². The van der Waals surface area contributed by atoms with Gasteiger partial charge in [0.05, 0.1) is 0 Å². The third kappa shape index (κ3) is 4.52. The molecule has 2 aromatic carbocycles. The Labute approximate surface area is 177 Å². The number of rotatable bonds is 3. The number of phenols is 1. The van der Waals surface area contributed by atoms with Gasteiger partial charge in [0.2, 0.25) is 0 Å². The first-order valence-corrected chi connectivity index (χ1v) is 12.5. The summed E-state index contributed by atoms with van der Waals surface area (Å²) >= 11 is -2.08. The quantitative estimate of drug-likeness (QED) is 0.405. The number of carbonyl (C=O) groups is 1. The van der Waals surface area contributed by atoms with Crippen LogP contribution < -0.4 is 9.78 Å². The predicted molar refractivity (Wildman–Crippen MR) is 120 cm³/mol. The molecule has 0 radical (unpaired) electrons. The molecule has 4 nitrogen and oxygen atoms in total. The average molecular weight is 458 g/mol. The van der Waals surface area contributed by atoms with E-state index in [9.17, 15) is 13.7 Å². The molecule has 29 heavy (non-hydrogen) atoms. The van der Waals surface area contributed by atoms with Crippen molar-refractivity contribution in [2.24, 2.45) is 0 Å². The number of hydrogen-bond donors (Lipinski definition) is 2. The molecule has 0 amide bonds. The van der Waals surface area contributed by atoms with E-state index < -0.39 is 13.8 Å².